The molecule has 2 aromatic heterocycles. The second-order valence-electron chi connectivity index (χ2n) is 4.97. The summed E-state index contributed by atoms with van der Waals surface area (Å²) in [5.74, 6) is 0.929. The molecule has 0 spiro atoms. The fourth-order valence-corrected chi connectivity index (χ4v) is 2.00. The van der Waals surface area contributed by atoms with Gasteiger partial charge in [-0.2, -0.15) is 5.10 Å². The van der Waals surface area contributed by atoms with Gasteiger partial charge in [0.2, 0.25) is 0 Å². The molecule has 19 heavy (non-hydrogen) atoms. The largest absolute Gasteiger partial charge is 0.394 e. The van der Waals surface area contributed by atoms with E-state index in [1.807, 2.05) is 24.1 Å². The summed E-state index contributed by atoms with van der Waals surface area (Å²) in [6.07, 6.45) is 6.61. The Balaban J connectivity index is 1.92. The molecule has 0 aliphatic heterocycles. The van der Waals surface area contributed by atoms with Crippen LogP contribution in [0.1, 0.15) is 32.0 Å². The van der Waals surface area contributed by atoms with Gasteiger partial charge in [-0.1, -0.05) is 0 Å². The van der Waals surface area contributed by atoms with Crippen molar-refractivity contribution in [2.24, 2.45) is 0 Å². The van der Waals surface area contributed by atoms with Crippen LogP contribution in [0.25, 0.3) is 0 Å². The summed E-state index contributed by atoms with van der Waals surface area (Å²) >= 11 is 0. The molecule has 3 N–H and O–H groups in total. The van der Waals surface area contributed by atoms with Gasteiger partial charge in [0, 0.05) is 31.5 Å². The molecule has 0 aliphatic carbocycles. The van der Waals surface area contributed by atoms with Crippen molar-refractivity contribution in [3.63, 3.8) is 0 Å². The van der Waals surface area contributed by atoms with Crippen LogP contribution in [-0.2, 0) is 6.54 Å². The van der Waals surface area contributed by atoms with Crippen LogP contribution in [0.4, 0.5) is 11.5 Å². The molecular formula is C13H22N6. The van der Waals surface area contributed by atoms with Crippen molar-refractivity contribution in [2.75, 3.05) is 17.6 Å². The number of nitrogen functional groups attached to an aromatic ring is 1. The number of rotatable bonds is 6. The Morgan fingerprint density at radius 1 is 1.42 bits per heavy atom. The van der Waals surface area contributed by atoms with Crippen molar-refractivity contribution in [1.29, 1.82) is 0 Å². The van der Waals surface area contributed by atoms with E-state index in [-0.39, 0.29) is 0 Å². The second-order valence-corrected chi connectivity index (χ2v) is 4.97. The molecule has 0 saturated carbocycles. The van der Waals surface area contributed by atoms with Crippen LogP contribution in [0, 0.1) is 6.92 Å². The Labute approximate surface area is 113 Å². The van der Waals surface area contributed by atoms with Gasteiger partial charge in [-0.3, -0.25) is 0 Å². The number of nitrogens with zero attached hydrogens (tertiary/aromatic N) is 4. The fourth-order valence-electron chi connectivity index (χ4n) is 2.00. The Morgan fingerprint density at radius 2 is 2.21 bits per heavy atom. The van der Waals surface area contributed by atoms with Crippen molar-refractivity contribution in [3.05, 3.63) is 24.4 Å². The van der Waals surface area contributed by atoms with Crippen LogP contribution in [0.2, 0.25) is 0 Å². The van der Waals surface area contributed by atoms with Crippen LogP contribution in [0.5, 0.6) is 0 Å². The minimum Gasteiger partial charge on any atom is -0.394 e. The number of nitrogens with one attached hydrogen (secondary N) is 1. The first-order chi connectivity index (χ1) is 9.09. The molecule has 0 atom stereocenters. The van der Waals surface area contributed by atoms with Crippen molar-refractivity contribution >= 4 is 11.5 Å². The van der Waals surface area contributed by atoms with Crippen molar-refractivity contribution in [1.82, 2.24) is 19.3 Å². The van der Waals surface area contributed by atoms with Gasteiger partial charge >= 0.3 is 0 Å². The van der Waals surface area contributed by atoms with Crippen molar-refractivity contribution < 1.29 is 0 Å². The first-order valence-corrected chi connectivity index (χ1v) is 6.63. The highest BCUT2D eigenvalue weighted by molar-refractivity contribution is 5.64. The van der Waals surface area contributed by atoms with Gasteiger partial charge in [0.25, 0.3) is 0 Å². The topological polar surface area (TPSA) is 73.7 Å². The lowest BCUT2D eigenvalue weighted by molar-refractivity contribution is 0.533. The molecule has 6 nitrogen and oxygen atoms in total. The van der Waals surface area contributed by atoms with E-state index < -0.39 is 0 Å². The smallest absolute Gasteiger partial charge is 0.148 e. The molecule has 0 amide bonds. The molecular weight excluding hydrogens is 240 g/mol. The minimum atomic E-state index is 0.298. The zero-order valence-electron chi connectivity index (χ0n) is 11.8. The number of imidazole rings is 1. The van der Waals surface area contributed by atoms with E-state index in [0.29, 0.717) is 6.04 Å². The maximum atomic E-state index is 6.06. The number of hydrogen-bond acceptors (Lipinski definition) is 4. The lowest BCUT2D eigenvalue weighted by Gasteiger charge is -2.13. The van der Waals surface area contributed by atoms with E-state index in [2.05, 4.69) is 33.8 Å². The van der Waals surface area contributed by atoms with Gasteiger partial charge in [0.15, 0.2) is 0 Å². The molecule has 0 saturated heterocycles. The second kappa shape index (κ2) is 5.77. The molecule has 0 bridgehead atoms. The predicted molar refractivity (Wildman–Crippen MR) is 77.1 cm³/mol. The van der Waals surface area contributed by atoms with Crippen molar-refractivity contribution in [2.45, 2.75) is 39.8 Å². The average molecular weight is 262 g/mol. The molecule has 0 aliphatic rings. The summed E-state index contributed by atoms with van der Waals surface area (Å²) in [6, 6.07) is 0.298. The Bertz CT molecular complexity index is 511. The van der Waals surface area contributed by atoms with E-state index in [1.165, 1.54) is 0 Å². The molecule has 0 unspecified atom stereocenters. The summed E-state index contributed by atoms with van der Waals surface area (Å²) in [5.41, 5.74) is 7.68. The van der Waals surface area contributed by atoms with Gasteiger partial charge in [-0.15, -0.1) is 0 Å². The highest BCUT2D eigenvalue weighted by atomic mass is 15.4. The maximum Gasteiger partial charge on any atom is 0.148 e. The van der Waals surface area contributed by atoms with Gasteiger partial charge < -0.3 is 15.6 Å². The number of anilines is 2. The summed E-state index contributed by atoms with van der Waals surface area (Å²) < 4.78 is 4.01. The van der Waals surface area contributed by atoms with Crippen LogP contribution in [0.3, 0.4) is 0 Å². The lowest BCUT2D eigenvalue weighted by atomic mass is 10.3. The maximum absolute atomic E-state index is 6.06. The quantitative estimate of drug-likeness (QED) is 0.781. The minimum absolute atomic E-state index is 0.298. The van der Waals surface area contributed by atoms with E-state index in [0.717, 1.165) is 36.7 Å². The Kier molecular flexibility index (Phi) is 4.09. The highest BCUT2D eigenvalue weighted by Gasteiger charge is 2.13. The monoisotopic (exact) mass is 262 g/mol. The van der Waals surface area contributed by atoms with E-state index in [1.54, 1.807) is 6.20 Å². The molecule has 104 valence electrons. The average Bonchev–Trinajstić information content (AvgIpc) is 2.97. The molecule has 6 heteroatoms. The number of hydrogen-bond donors (Lipinski definition) is 2. The Morgan fingerprint density at radius 3 is 2.84 bits per heavy atom. The molecule has 2 aromatic rings. The third kappa shape index (κ3) is 3.07. The van der Waals surface area contributed by atoms with Crippen LogP contribution in [0.15, 0.2) is 18.7 Å². The fraction of sp³-hybridized carbons (Fsp3) is 0.538. The third-order valence-electron chi connectivity index (χ3n) is 3.07. The first kappa shape index (κ1) is 13.5. The van der Waals surface area contributed by atoms with Gasteiger partial charge in [0.05, 0.1) is 17.7 Å². The summed E-state index contributed by atoms with van der Waals surface area (Å²) in [6.45, 7) is 7.94. The van der Waals surface area contributed by atoms with Crippen LogP contribution >= 0.6 is 0 Å². The summed E-state index contributed by atoms with van der Waals surface area (Å²) in [5, 5.41) is 7.84. The van der Waals surface area contributed by atoms with Gasteiger partial charge in [0.1, 0.15) is 5.82 Å². The molecule has 0 radical (unpaired) electrons. The van der Waals surface area contributed by atoms with E-state index in [4.69, 9.17) is 5.73 Å². The standard InChI is InChI=1S/C13H22N6/c1-10(2)19-13(12(14)11(3)17-19)16-5-4-7-18-8-6-15-9-18/h6,8-10,16H,4-5,7,14H2,1-3H3. The number of aromatic nitrogens is 4. The van der Waals surface area contributed by atoms with Crippen molar-refractivity contribution in [3.8, 4) is 0 Å². The SMILES string of the molecule is Cc1nn(C(C)C)c(NCCCn2ccnc2)c1N. The zero-order chi connectivity index (χ0) is 13.8. The van der Waals surface area contributed by atoms with Gasteiger partial charge in [-0.25, -0.2) is 9.67 Å². The normalized spacial score (nSPS) is 11.2. The van der Waals surface area contributed by atoms with Gasteiger partial charge in [-0.05, 0) is 27.2 Å². The van der Waals surface area contributed by atoms with E-state index in [9.17, 15) is 0 Å². The predicted octanol–water partition coefficient (Wildman–Crippen LogP) is 2.05. The van der Waals surface area contributed by atoms with Crippen LogP contribution < -0.4 is 11.1 Å². The molecule has 2 heterocycles. The van der Waals surface area contributed by atoms with E-state index >= 15 is 0 Å². The zero-order valence-corrected chi connectivity index (χ0v) is 11.8. The number of aryl methyl sites for hydroxylation is 2. The molecule has 2 rings (SSSR count). The summed E-state index contributed by atoms with van der Waals surface area (Å²) in [7, 11) is 0. The van der Waals surface area contributed by atoms with Crippen LogP contribution in [-0.4, -0.2) is 25.9 Å². The molecule has 0 fully saturated rings. The number of nitrogens with two attached hydrogens (primary N) is 1. The third-order valence-corrected chi connectivity index (χ3v) is 3.07. The lowest BCUT2D eigenvalue weighted by Crippen LogP contribution is -2.13. The highest BCUT2D eigenvalue weighted by Crippen LogP contribution is 2.25. The summed E-state index contributed by atoms with van der Waals surface area (Å²) in [4.78, 5) is 4.02. The first-order valence-electron chi connectivity index (χ1n) is 6.63. The Hall–Kier alpha value is -1.98. The molecule has 0 aromatic carbocycles.